The highest BCUT2D eigenvalue weighted by Gasteiger charge is 2.16. The molecule has 10 heteroatoms. The van der Waals surface area contributed by atoms with Crippen LogP contribution in [-0.4, -0.2) is 23.5 Å². The third kappa shape index (κ3) is 5.37. The van der Waals surface area contributed by atoms with Crippen molar-refractivity contribution in [3.63, 3.8) is 0 Å². The summed E-state index contributed by atoms with van der Waals surface area (Å²) in [6.07, 6.45) is 3.74. The standard InChI is InChI=1S/C26H20ClN5O3S/c1-17-16-25(31-35-17)32-36(33,34)21-13-11-20(12-14-21)28-26-22-4-2-3-5-23(22)29-24(30-26)15-8-18-6-9-19(27)10-7-18/h2-16H,1H3,(H,31,32)(H,28,29,30)/b15-8+. The molecule has 5 aromatic rings. The average Bonchev–Trinajstić information content (AvgIpc) is 3.27. The summed E-state index contributed by atoms with van der Waals surface area (Å²) in [5.41, 5.74) is 2.41. The van der Waals surface area contributed by atoms with Crippen molar-refractivity contribution < 1.29 is 12.9 Å². The van der Waals surface area contributed by atoms with Gasteiger partial charge in [0.2, 0.25) is 0 Å². The fourth-order valence-corrected chi connectivity index (χ4v) is 4.58. The van der Waals surface area contributed by atoms with Crippen molar-refractivity contribution in [1.29, 1.82) is 0 Å². The number of hydrogen-bond donors (Lipinski definition) is 2. The smallest absolute Gasteiger partial charge is 0.263 e. The molecule has 0 aliphatic heterocycles. The Hall–Kier alpha value is -4.21. The van der Waals surface area contributed by atoms with E-state index in [-0.39, 0.29) is 10.7 Å². The van der Waals surface area contributed by atoms with Crippen molar-refractivity contribution in [1.82, 2.24) is 15.1 Å². The van der Waals surface area contributed by atoms with Gasteiger partial charge in [-0.1, -0.05) is 47.1 Å². The molecule has 0 aliphatic rings. The van der Waals surface area contributed by atoms with E-state index in [1.807, 2.05) is 60.7 Å². The normalized spacial score (nSPS) is 11.7. The summed E-state index contributed by atoms with van der Waals surface area (Å²) in [6, 6.07) is 23.0. The first-order valence-corrected chi connectivity index (χ1v) is 12.8. The summed E-state index contributed by atoms with van der Waals surface area (Å²) in [5.74, 6) is 1.76. The maximum absolute atomic E-state index is 12.7. The van der Waals surface area contributed by atoms with Gasteiger partial charge in [-0.05, 0) is 67.1 Å². The second-order valence-electron chi connectivity index (χ2n) is 7.91. The number of aromatic nitrogens is 3. The van der Waals surface area contributed by atoms with Crippen molar-refractivity contribution in [3.8, 4) is 0 Å². The lowest BCUT2D eigenvalue weighted by atomic mass is 10.2. The number of hydrogen-bond acceptors (Lipinski definition) is 7. The molecular weight excluding hydrogens is 498 g/mol. The minimum Gasteiger partial charge on any atom is -0.360 e. The molecule has 0 saturated carbocycles. The zero-order chi connectivity index (χ0) is 25.1. The molecule has 0 aliphatic carbocycles. The number of halogens is 1. The van der Waals surface area contributed by atoms with Gasteiger partial charge >= 0.3 is 0 Å². The van der Waals surface area contributed by atoms with Crippen LogP contribution in [0.25, 0.3) is 23.1 Å². The van der Waals surface area contributed by atoms with Crippen LogP contribution in [0.3, 0.4) is 0 Å². The molecule has 0 amide bonds. The first-order valence-electron chi connectivity index (χ1n) is 10.9. The molecule has 0 fully saturated rings. The third-order valence-corrected chi connectivity index (χ3v) is 6.83. The van der Waals surface area contributed by atoms with Crippen molar-refractivity contribution >= 4 is 62.0 Å². The zero-order valence-electron chi connectivity index (χ0n) is 19.0. The van der Waals surface area contributed by atoms with Crippen molar-refractivity contribution in [2.24, 2.45) is 0 Å². The topological polar surface area (TPSA) is 110 Å². The van der Waals surface area contributed by atoms with Crippen molar-refractivity contribution in [2.45, 2.75) is 11.8 Å². The molecule has 0 unspecified atom stereocenters. The molecule has 2 aromatic heterocycles. The van der Waals surface area contributed by atoms with E-state index in [9.17, 15) is 8.42 Å². The molecule has 2 N–H and O–H groups in total. The Morgan fingerprint density at radius 2 is 1.67 bits per heavy atom. The van der Waals surface area contributed by atoms with Gasteiger partial charge in [-0.3, -0.25) is 4.72 Å². The van der Waals surface area contributed by atoms with E-state index in [1.54, 1.807) is 19.1 Å². The molecule has 3 aromatic carbocycles. The first-order chi connectivity index (χ1) is 17.4. The number of para-hydroxylation sites is 1. The summed E-state index contributed by atoms with van der Waals surface area (Å²) in [4.78, 5) is 9.40. The van der Waals surface area contributed by atoms with Gasteiger partial charge in [0.1, 0.15) is 11.6 Å². The minimum absolute atomic E-state index is 0.0906. The van der Waals surface area contributed by atoms with Crippen LogP contribution in [-0.2, 0) is 10.0 Å². The van der Waals surface area contributed by atoms with Crippen LogP contribution in [0, 0.1) is 6.92 Å². The Balaban J connectivity index is 1.40. The number of nitrogens with zero attached hydrogens (tertiary/aromatic N) is 3. The number of rotatable bonds is 7. The number of anilines is 3. The molecule has 36 heavy (non-hydrogen) atoms. The second kappa shape index (κ2) is 9.80. The monoisotopic (exact) mass is 517 g/mol. The summed E-state index contributed by atoms with van der Waals surface area (Å²) < 4.78 is 32.6. The highest BCUT2D eigenvalue weighted by molar-refractivity contribution is 7.92. The fourth-order valence-electron chi connectivity index (χ4n) is 3.47. The van der Waals surface area contributed by atoms with Gasteiger partial charge in [0.25, 0.3) is 10.0 Å². The molecule has 180 valence electrons. The summed E-state index contributed by atoms with van der Waals surface area (Å²) in [7, 11) is -3.81. The Morgan fingerprint density at radius 3 is 2.39 bits per heavy atom. The van der Waals surface area contributed by atoms with E-state index in [0.717, 1.165) is 16.5 Å². The Labute approximate surface area is 212 Å². The number of aryl methyl sites for hydroxylation is 1. The van der Waals surface area contributed by atoms with Gasteiger partial charge in [0, 0.05) is 22.2 Å². The molecule has 0 atom stereocenters. The Bertz CT molecular complexity index is 1660. The summed E-state index contributed by atoms with van der Waals surface area (Å²) in [5, 5.41) is 8.46. The van der Waals surface area contributed by atoms with Gasteiger partial charge in [-0.2, -0.15) is 0 Å². The fraction of sp³-hybridized carbons (Fsp3) is 0.0385. The highest BCUT2D eigenvalue weighted by atomic mass is 35.5. The predicted molar refractivity (Wildman–Crippen MR) is 142 cm³/mol. The predicted octanol–water partition coefficient (Wildman–Crippen LogP) is 6.29. The van der Waals surface area contributed by atoms with Crippen molar-refractivity contribution in [3.05, 3.63) is 101 Å². The number of fused-ring (bicyclic) bond motifs is 1. The van der Waals surface area contributed by atoms with Crippen molar-refractivity contribution in [2.75, 3.05) is 10.0 Å². The van der Waals surface area contributed by atoms with Gasteiger partial charge in [-0.15, -0.1) is 0 Å². The number of sulfonamides is 1. The maximum Gasteiger partial charge on any atom is 0.263 e. The molecule has 0 radical (unpaired) electrons. The Morgan fingerprint density at radius 1 is 0.917 bits per heavy atom. The maximum atomic E-state index is 12.7. The molecule has 0 bridgehead atoms. The number of nitrogens with one attached hydrogen (secondary N) is 2. The number of benzene rings is 3. The van der Waals surface area contributed by atoms with Crippen LogP contribution in [0.1, 0.15) is 17.1 Å². The molecule has 8 nitrogen and oxygen atoms in total. The second-order valence-corrected chi connectivity index (χ2v) is 10.0. The quantitative estimate of drug-likeness (QED) is 0.261. The minimum atomic E-state index is -3.81. The van der Waals surface area contributed by atoms with Gasteiger partial charge < -0.3 is 9.84 Å². The lowest BCUT2D eigenvalue weighted by Gasteiger charge is -2.11. The van der Waals surface area contributed by atoms with Crippen LogP contribution in [0.2, 0.25) is 5.02 Å². The lowest BCUT2D eigenvalue weighted by molar-refractivity contribution is 0.400. The van der Waals surface area contributed by atoms with E-state index in [4.69, 9.17) is 16.1 Å². The summed E-state index contributed by atoms with van der Waals surface area (Å²) in [6.45, 7) is 1.68. The SMILES string of the molecule is Cc1cc(NS(=O)(=O)c2ccc(Nc3nc(/C=C/c4ccc(Cl)cc4)nc4ccccc34)cc2)no1. The first kappa shape index (κ1) is 23.5. The molecular formula is C26H20ClN5O3S. The van der Waals surface area contributed by atoms with Crippen LogP contribution in [0.15, 0.2) is 88.3 Å². The zero-order valence-corrected chi connectivity index (χ0v) is 20.6. The average molecular weight is 518 g/mol. The van der Waals surface area contributed by atoms with E-state index in [1.165, 1.54) is 18.2 Å². The van der Waals surface area contributed by atoms with E-state index < -0.39 is 10.0 Å². The van der Waals surface area contributed by atoms with E-state index in [2.05, 4.69) is 25.2 Å². The summed E-state index contributed by atoms with van der Waals surface area (Å²) >= 11 is 5.96. The molecule has 0 spiro atoms. The van der Waals surface area contributed by atoms with Crippen LogP contribution >= 0.6 is 11.6 Å². The van der Waals surface area contributed by atoms with Crippen LogP contribution in [0.4, 0.5) is 17.3 Å². The van der Waals surface area contributed by atoms with Crippen LogP contribution in [0.5, 0.6) is 0 Å². The van der Waals surface area contributed by atoms with Gasteiger partial charge in [0.05, 0.1) is 10.4 Å². The van der Waals surface area contributed by atoms with Crippen LogP contribution < -0.4 is 10.0 Å². The van der Waals surface area contributed by atoms with E-state index >= 15 is 0 Å². The lowest BCUT2D eigenvalue weighted by Crippen LogP contribution is -2.13. The third-order valence-electron chi connectivity index (χ3n) is 5.21. The molecule has 2 heterocycles. The highest BCUT2D eigenvalue weighted by Crippen LogP contribution is 2.26. The Kier molecular flexibility index (Phi) is 6.41. The van der Waals surface area contributed by atoms with E-state index in [0.29, 0.717) is 28.1 Å². The van der Waals surface area contributed by atoms with Gasteiger partial charge in [-0.25, -0.2) is 18.4 Å². The van der Waals surface area contributed by atoms with Gasteiger partial charge in [0.15, 0.2) is 11.6 Å². The molecule has 0 saturated heterocycles. The largest absolute Gasteiger partial charge is 0.360 e. The molecule has 5 rings (SSSR count).